The van der Waals surface area contributed by atoms with E-state index in [1.54, 1.807) is 0 Å². The third-order valence-corrected chi connectivity index (χ3v) is 9.90. The van der Waals surface area contributed by atoms with E-state index in [-0.39, 0.29) is 0 Å². The summed E-state index contributed by atoms with van der Waals surface area (Å²) in [6, 6.07) is 2.18. The van der Waals surface area contributed by atoms with Crippen molar-refractivity contribution in [1.29, 1.82) is 0 Å². The Kier molecular flexibility index (Phi) is 10.9. The Morgan fingerprint density at radius 1 is 0.957 bits per heavy atom. The van der Waals surface area contributed by atoms with Crippen LogP contribution < -0.4 is 8.32 Å². The summed E-state index contributed by atoms with van der Waals surface area (Å²) in [5.41, 5.74) is 0. The number of hydrogen-bond donors (Lipinski definition) is 0. The molecular weight excluding hydrogens is 391 g/mol. The first kappa shape index (κ1) is 20.7. The maximum absolute atomic E-state index is 5.77. The second-order valence-corrected chi connectivity index (χ2v) is 11.7. The molecule has 0 aliphatic heterocycles. The average molecular weight is 425 g/mol. The molecule has 0 spiro atoms. The zero-order chi connectivity index (χ0) is 17.0. The van der Waals surface area contributed by atoms with Crippen molar-refractivity contribution in [2.45, 2.75) is 88.9 Å². The van der Waals surface area contributed by atoms with E-state index >= 15 is 0 Å². The fourth-order valence-electron chi connectivity index (χ4n) is 3.05. The van der Waals surface area contributed by atoms with Gasteiger partial charge in [-0.1, -0.05) is 0 Å². The van der Waals surface area contributed by atoms with E-state index in [2.05, 4.69) is 37.0 Å². The first-order valence-corrected chi connectivity index (χ1v) is 12.3. The normalized spacial score (nSPS) is 11.7. The van der Waals surface area contributed by atoms with E-state index in [4.69, 9.17) is 4.74 Å². The predicted molar refractivity (Wildman–Crippen MR) is 99.9 cm³/mol. The van der Waals surface area contributed by atoms with Crippen molar-refractivity contribution in [3.63, 3.8) is 0 Å². The van der Waals surface area contributed by atoms with Crippen LogP contribution in [0.2, 0.25) is 3.43 Å². The van der Waals surface area contributed by atoms with Crippen molar-refractivity contribution in [2.24, 2.45) is 0 Å². The van der Waals surface area contributed by atoms with E-state index in [0.29, 0.717) is 10.0 Å². The van der Waals surface area contributed by atoms with Gasteiger partial charge in [0.15, 0.2) is 0 Å². The van der Waals surface area contributed by atoms with Crippen LogP contribution in [0.15, 0.2) is 12.3 Å². The summed E-state index contributed by atoms with van der Waals surface area (Å²) in [6.45, 7) is 9.65. The molecule has 3 nitrogen and oxygen atoms in total. The minimum atomic E-state index is -0.783. The minimum absolute atomic E-state index is 0.570. The monoisotopic (exact) mass is 426 g/mol. The van der Waals surface area contributed by atoms with Crippen molar-refractivity contribution < 1.29 is 4.74 Å². The quantitative estimate of drug-likeness (QED) is 0.421. The Balaban J connectivity index is 3.00. The van der Waals surface area contributed by atoms with Gasteiger partial charge in [0.2, 0.25) is 0 Å². The van der Waals surface area contributed by atoms with E-state index in [1.807, 2.05) is 13.1 Å². The molecule has 2 radical (unpaired) electrons. The van der Waals surface area contributed by atoms with Crippen LogP contribution in [-0.2, 0) is 0 Å². The zero-order valence-electron chi connectivity index (χ0n) is 15.5. The van der Waals surface area contributed by atoms with Crippen LogP contribution >= 0.6 is 0 Å². The molecule has 1 rings (SSSR count). The Bertz CT molecular complexity index is 404. The van der Waals surface area contributed by atoms with Crippen molar-refractivity contribution in [1.82, 2.24) is 10.2 Å². The van der Waals surface area contributed by atoms with Gasteiger partial charge < -0.3 is 0 Å². The molecule has 23 heavy (non-hydrogen) atoms. The van der Waals surface area contributed by atoms with Gasteiger partial charge in [-0.3, -0.25) is 0 Å². The molecule has 0 aromatic carbocycles. The van der Waals surface area contributed by atoms with Gasteiger partial charge in [-0.25, -0.2) is 0 Å². The van der Waals surface area contributed by atoms with Gasteiger partial charge >= 0.3 is 153 Å². The fourth-order valence-corrected chi connectivity index (χ4v) is 8.37. The third kappa shape index (κ3) is 7.40. The molecule has 0 atom stereocenters. The Hall–Kier alpha value is -0.321. The Morgan fingerprint density at radius 3 is 2.00 bits per heavy atom. The van der Waals surface area contributed by atoms with Crippen LogP contribution in [0, 0.1) is 0 Å². The summed E-state index contributed by atoms with van der Waals surface area (Å²) in [6.07, 6.45) is 14.0. The molecule has 0 N–H and O–H groups in total. The molecule has 1 aromatic rings. The van der Waals surface area contributed by atoms with E-state index in [1.165, 1.54) is 61.4 Å². The van der Waals surface area contributed by atoms with E-state index < -0.39 is 21.1 Å². The van der Waals surface area contributed by atoms with Gasteiger partial charge in [-0.2, -0.15) is 0 Å². The molecule has 1 heterocycles. The molecule has 130 valence electrons. The van der Waals surface area contributed by atoms with Crippen LogP contribution in [0.1, 0.15) is 85.5 Å². The Morgan fingerprint density at radius 2 is 1.52 bits per heavy atom. The van der Waals surface area contributed by atoms with Gasteiger partial charge in [-0.15, -0.1) is 0 Å². The molecule has 0 saturated heterocycles. The van der Waals surface area contributed by atoms with Crippen LogP contribution in [0.3, 0.4) is 0 Å². The molecule has 0 unspecified atom stereocenters. The average Bonchev–Trinajstić information content (AvgIpc) is 2.58. The second kappa shape index (κ2) is 12.1. The van der Waals surface area contributed by atoms with Gasteiger partial charge in [0.05, 0.1) is 0 Å². The van der Waals surface area contributed by atoms with Crippen LogP contribution in [0.5, 0.6) is 5.88 Å². The summed E-state index contributed by atoms with van der Waals surface area (Å²) in [4.78, 5) is 0. The summed E-state index contributed by atoms with van der Waals surface area (Å²) in [7, 11) is 0. The molecule has 0 fully saturated rings. The SMILES string of the molecule is CCCC[C](CCCC)(CCCC)[Sn][c]1ccnnc1OCC. The number of hydrogen-bond acceptors (Lipinski definition) is 3. The molecule has 0 bridgehead atoms. The number of aromatic nitrogens is 2. The summed E-state index contributed by atoms with van der Waals surface area (Å²) >= 11 is -0.783. The molecule has 0 aliphatic rings. The molecule has 0 amide bonds. The molecule has 4 heteroatoms. The van der Waals surface area contributed by atoms with Crippen molar-refractivity contribution in [3.05, 3.63) is 12.3 Å². The van der Waals surface area contributed by atoms with Gasteiger partial charge in [0.25, 0.3) is 0 Å². The van der Waals surface area contributed by atoms with Gasteiger partial charge in [0.1, 0.15) is 0 Å². The molecule has 1 aromatic heterocycles. The van der Waals surface area contributed by atoms with Gasteiger partial charge in [0, 0.05) is 0 Å². The zero-order valence-corrected chi connectivity index (χ0v) is 18.4. The van der Waals surface area contributed by atoms with Crippen molar-refractivity contribution in [3.8, 4) is 5.88 Å². The topological polar surface area (TPSA) is 35.0 Å². The third-order valence-electron chi connectivity index (χ3n) is 4.39. The standard InChI is InChI=1S/C13H27.C6H7N2O.Sn/c1-4-7-10-13(11-8-5-2)12-9-6-3;1-2-9-6-4-3-5-7-8-6;/h4-12H2,1-3H3;3,5H,2H2,1H3;. The van der Waals surface area contributed by atoms with Crippen molar-refractivity contribution in [2.75, 3.05) is 6.61 Å². The van der Waals surface area contributed by atoms with Crippen LogP contribution in [-0.4, -0.2) is 37.9 Å². The first-order valence-electron chi connectivity index (χ1n) is 9.44. The van der Waals surface area contributed by atoms with Crippen molar-refractivity contribution >= 4 is 24.7 Å². The maximum atomic E-state index is 5.77. The van der Waals surface area contributed by atoms with Gasteiger partial charge in [-0.05, 0) is 0 Å². The van der Waals surface area contributed by atoms with Crippen LogP contribution in [0.4, 0.5) is 0 Å². The van der Waals surface area contributed by atoms with Crippen LogP contribution in [0.25, 0.3) is 0 Å². The molecule has 0 aliphatic carbocycles. The summed E-state index contributed by atoms with van der Waals surface area (Å²) in [5.74, 6) is 0.815. The fraction of sp³-hybridized carbons (Fsp3) is 0.789. The molecular formula is C19H34N2OSn. The number of rotatable bonds is 13. The Labute approximate surface area is 153 Å². The number of ether oxygens (including phenoxy) is 1. The predicted octanol–water partition coefficient (Wildman–Crippen LogP) is 4.93. The summed E-state index contributed by atoms with van der Waals surface area (Å²) in [5, 5.41) is 8.30. The van der Waals surface area contributed by atoms with E-state index in [9.17, 15) is 0 Å². The molecule has 0 saturated carbocycles. The second-order valence-electron chi connectivity index (χ2n) is 6.40. The van der Waals surface area contributed by atoms with E-state index in [0.717, 1.165) is 5.88 Å². The number of nitrogens with zero attached hydrogens (tertiary/aromatic N) is 2. The summed E-state index contributed by atoms with van der Waals surface area (Å²) < 4.78 is 7.75. The number of unbranched alkanes of at least 4 members (excludes halogenated alkanes) is 3. The first-order chi connectivity index (χ1) is 11.2.